The third-order valence-corrected chi connectivity index (χ3v) is 2.74. The molecule has 1 N–H and O–H groups in total. The third-order valence-electron chi connectivity index (χ3n) is 2.74. The molecule has 2 heteroatoms. The van der Waals surface area contributed by atoms with Crippen molar-refractivity contribution in [2.24, 2.45) is 0 Å². The highest BCUT2D eigenvalue weighted by Gasteiger charge is 1.97. The molecule has 2 nitrogen and oxygen atoms in total. The van der Waals surface area contributed by atoms with Gasteiger partial charge in [-0.15, -0.1) is 0 Å². The lowest BCUT2D eigenvalue weighted by Gasteiger charge is -2.03. The van der Waals surface area contributed by atoms with E-state index in [1.807, 2.05) is 12.3 Å². The van der Waals surface area contributed by atoms with E-state index in [4.69, 9.17) is 0 Å². The largest absolute Gasteiger partial charge is 0.317 e. The van der Waals surface area contributed by atoms with E-state index in [1.165, 1.54) is 17.4 Å². The molecule has 0 amide bonds. The predicted octanol–water partition coefficient (Wildman–Crippen LogP) is 2.78. The van der Waals surface area contributed by atoms with Crippen LogP contribution < -0.4 is 5.32 Å². The van der Waals surface area contributed by atoms with Crippen LogP contribution in [0.25, 0.3) is 10.9 Å². The summed E-state index contributed by atoms with van der Waals surface area (Å²) in [6.07, 6.45) is 4.16. The van der Waals surface area contributed by atoms with Gasteiger partial charge in [-0.2, -0.15) is 0 Å². The molecule has 0 aliphatic rings. The number of nitrogens with one attached hydrogen (secondary N) is 1. The first kappa shape index (κ1) is 11.1. The molecule has 0 unspecified atom stereocenters. The predicted molar refractivity (Wildman–Crippen MR) is 68.6 cm³/mol. The number of hydrogen-bond acceptors (Lipinski definition) is 2. The van der Waals surface area contributed by atoms with Gasteiger partial charge in [0.05, 0.1) is 5.52 Å². The third kappa shape index (κ3) is 2.80. The van der Waals surface area contributed by atoms with Gasteiger partial charge in [-0.3, -0.25) is 4.98 Å². The van der Waals surface area contributed by atoms with Crippen LogP contribution in [0, 0.1) is 0 Å². The average molecular weight is 214 g/mol. The number of rotatable bonds is 5. The summed E-state index contributed by atoms with van der Waals surface area (Å²) in [6, 6.07) is 10.6. The molecule has 0 fully saturated rings. The van der Waals surface area contributed by atoms with Crippen molar-refractivity contribution in [2.75, 3.05) is 13.1 Å². The van der Waals surface area contributed by atoms with E-state index in [0.717, 1.165) is 25.0 Å². The van der Waals surface area contributed by atoms with Crippen molar-refractivity contribution in [3.05, 3.63) is 42.1 Å². The number of pyridine rings is 1. The zero-order valence-corrected chi connectivity index (χ0v) is 9.74. The Bertz CT molecular complexity index is 451. The van der Waals surface area contributed by atoms with Crippen LogP contribution in [-0.4, -0.2) is 18.1 Å². The summed E-state index contributed by atoms with van der Waals surface area (Å²) >= 11 is 0. The van der Waals surface area contributed by atoms with Gasteiger partial charge >= 0.3 is 0 Å². The second-order valence-electron chi connectivity index (χ2n) is 3.99. The lowest BCUT2D eigenvalue weighted by Crippen LogP contribution is -2.14. The molecule has 84 valence electrons. The van der Waals surface area contributed by atoms with Crippen LogP contribution in [0.3, 0.4) is 0 Å². The van der Waals surface area contributed by atoms with E-state index in [-0.39, 0.29) is 0 Å². The Morgan fingerprint density at radius 3 is 3.06 bits per heavy atom. The maximum absolute atomic E-state index is 4.37. The van der Waals surface area contributed by atoms with Gasteiger partial charge in [0.2, 0.25) is 0 Å². The molecule has 0 aliphatic carbocycles. The van der Waals surface area contributed by atoms with E-state index < -0.39 is 0 Å². The Hall–Kier alpha value is -1.41. The zero-order chi connectivity index (χ0) is 11.2. The molecular formula is C14H18N2. The summed E-state index contributed by atoms with van der Waals surface area (Å²) in [6.45, 7) is 4.29. The topological polar surface area (TPSA) is 24.9 Å². The number of aryl methyl sites for hydroxylation is 1. The lowest BCUT2D eigenvalue weighted by molar-refractivity contribution is 0.673. The fraction of sp³-hybridized carbons (Fsp3) is 0.357. The van der Waals surface area contributed by atoms with Crippen molar-refractivity contribution >= 4 is 10.9 Å². The van der Waals surface area contributed by atoms with Crippen LogP contribution in [0.15, 0.2) is 36.5 Å². The average Bonchev–Trinajstić information content (AvgIpc) is 2.34. The Morgan fingerprint density at radius 1 is 1.25 bits per heavy atom. The standard InChI is InChI=1S/C14H18N2/c1-2-15-9-3-5-12-7-8-13-6-4-10-16-14(13)11-12/h4,6-8,10-11,15H,2-3,5,9H2,1H3. The smallest absolute Gasteiger partial charge is 0.0704 e. The van der Waals surface area contributed by atoms with Crippen LogP contribution in [0.1, 0.15) is 18.9 Å². The van der Waals surface area contributed by atoms with Gasteiger partial charge < -0.3 is 5.32 Å². The van der Waals surface area contributed by atoms with Crippen LogP contribution in [-0.2, 0) is 6.42 Å². The van der Waals surface area contributed by atoms with Crippen LogP contribution in [0.2, 0.25) is 0 Å². The molecule has 2 rings (SSSR count). The van der Waals surface area contributed by atoms with Crippen molar-refractivity contribution in [1.82, 2.24) is 10.3 Å². The van der Waals surface area contributed by atoms with Crippen molar-refractivity contribution in [3.8, 4) is 0 Å². The molecule has 16 heavy (non-hydrogen) atoms. The number of fused-ring (bicyclic) bond motifs is 1. The molecular weight excluding hydrogens is 196 g/mol. The molecule has 0 aliphatic heterocycles. The summed E-state index contributed by atoms with van der Waals surface area (Å²) in [5.41, 5.74) is 2.48. The molecule has 0 atom stereocenters. The molecule has 2 aromatic rings. The summed E-state index contributed by atoms with van der Waals surface area (Å²) in [4.78, 5) is 4.37. The van der Waals surface area contributed by atoms with Gasteiger partial charge in [0.25, 0.3) is 0 Å². The monoisotopic (exact) mass is 214 g/mol. The van der Waals surface area contributed by atoms with Crippen molar-refractivity contribution in [3.63, 3.8) is 0 Å². The molecule has 0 spiro atoms. The van der Waals surface area contributed by atoms with Gasteiger partial charge in [0.15, 0.2) is 0 Å². The van der Waals surface area contributed by atoms with E-state index in [0.29, 0.717) is 0 Å². The van der Waals surface area contributed by atoms with Crippen molar-refractivity contribution < 1.29 is 0 Å². The first-order chi connectivity index (χ1) is 7.90. The number of aromatic nitrogens is 1. The van der Waals surface area contributed by atoms with Crippen molar-refractivity contribution in [2.45, 2.75) is 19.8 Å². The summed E-state index contributed by atoms with van der Waals surface area (Å²) in [5, 5.41) is 4.56. The Balaban J connectivity index is 2.02. The van der Waals surface area contributed by atoms with E-state index >= 15 is 0 Å². The molecule has 0 radical (unpaired) electrons. The normalized spacial score (nSPS) is 10.8. The summed E-state index contributed by atoms with van der Waals surface area (Å²) in [7, 11) is 0. The maximum Gasteiger partial charge on any atom is 0.0704 e. The minimum absolute atomic E-state index is 1.05. The molecule has 0 saturated carbocycles. The molecule has 0 bridgehead atoms. The van der Waals surface area contributed by atoms with Crippen LogP contribution >= 0.6 is 0 Å². The highest BCUT2D eigenvalue weighted by molar-refractivity contribution is 5.78. The van der Waals surface area contributed by atoms with E-state index in [9.17, 15) is 0 Å². The Kier molecular flexibility index (Phi) is 3.89. The van der Waals surface area contributed by atoms with Crippen LogP contribution in [0.4, 0.5) is 0 Å². The number of nitrogens with zero attached hydrogens (tertiary/aromatic N) is 1. The minimum atomic E-state index is 1.05. The lowest BCUT2D eigenvalue weighted by atomic mass is 10.1. The zero-order valence-electron chi connectivity index (χ0n) is 9.74. The first-order valence-corrected chi connectivity index (χ1v) is 5.94. The Morgan fingerprint density at radius 2 is 2.19 bits per heavy atom. The van der Waals surface area contributed by atoms with E-state index in [2.05, 4.69) is 41.5 Å². The molecule has 0 saturated heterocycles. The second kappa shape index (κ2) is 5.61. The molecule has 1 heterocycles. The van der Waals surface area contributed by atoms with Gasteiger partial charge in [-0.1, -0.05) is 25.1 Å². The van der Waals surface area contributed by atoms with Gasteiger partial charge in [-0.25, -0.2) is 0 Å². The highest BCUT2D eigenvalue weighted by Crippen LogP contribution is 2.14. The fourth-order valence-corrected chi connectivity index (χ4v) is 1.86. The summed E-state index contributed by atoms with van der Waals surface area (Å²) in [5.74, 6) is 0. The van der Waals surface area contributed by atoms with Gasteiger partial charge in [-0.05, 0) is 43.6 Å². The number of hydrogen-bond donors (Lipinski definition) is 1. The summed E-state index contributed by atoms with van der Waals surface area (Å²) < 4.78 is 0. The van der Waals surface area contributed by atoms with Gasteiger partial charge in [0.1, 0.15) is 0 Å². The molecule has 1 aromatic carbocycles. The highest BCUT2D eigenvalue weighted by atomic mass is 14.8. The minimum Gasteiger partial charge on any atom is -0.317 e. The van der Waals surface area contributed by atoms with Crippen molar-refractivity contribution in [1.29, 1.82) is 0 Å². The van der Waals surface area contributed by atoms with E-state index in [1.54, 1.807) is 0 Å². The first-order valence-electron chi connectivity index (χ1n) is 5.94. The fourth-order valence-electron chi connectivity index (χ4n) is 1.86. The SMILES string of the molecule is CCNCCCc1ccc2cccnc2c1. The molecule has 1 aromatic heterocycles. The quantitative estimate of drug-likeness (QED) is 0.774. The van der Waals surface area contributed by atoms with Crippen LogP contribution in [0.5, 0.6) is 0 Å². The number of benzene rings is 1. The second-order valence-corrected chi connectivity index (χ2v) is 3.99. The van der Waals surface area contributed by atoms with Gasteiger partial charge in [0, 0.05) is 11.6 Å². The maximum atomic E-state index is 4.37. The Labute approximate surface area is 96.7 Å².